The molecule has 0 aliphatic carbocycles. The SMILES string of the molecule is CC(C)(C)[Si](C)(C)OC1CN(c2ccc([N+](=O)[O-])c(N)n2)C1. The molecule has 0 unspecified atom stereocenters. The first-order valence-corrected chi connectivity index (χ1v) is 10.3. The number of nitrogens with zero attached hydrogens (tertiary/aromatic N) is 3. The van der Waals surface area contributed by atoms with Crippen LogP contribution in [0.3, 0.4) is 0 Å². The number of nitrogen functional groups attached to an aromatic ring is 1. The van der Waals surface area contributed by atoms with Crippen LogP contribution in [-0.4, -0.2) is 37.4 Å². The van der Waals surface area contributed by atoms with Crippen LogP contribution >= 0.6 is 0 Å². The van der Waals surface area contributed by atoms with Crippen LogP contribution in [0.1, 0.15) is 20.8 Å². The van der Waals surface area contributed by atoms with Gasteiger partial charge >= 0.3 is 5.69 Å². The highest BCUT2D eigenvalue weighted by atomic mass is 28.4. The molecule has 0 spiro atoms. The minimum absolute atomic E-state index is 0.0451. The van der Waals surface area contributed by atoms with Gasteiger partial charge in [-0.3, -0.25) is 10.1 Å². The molecule has 2 heterocycles. The average Bonchev–Trinajstić information content (AvgIpc) is 2.31. The molecule has 1 aromatic rings. The van der Waals surface area contributed by atoms with Gasteiger partial charge in [0.1, 0.15) is 5.82 Å². The van der Waals surface area contributed by atoms with Crippen LogP contribution in [0, 0.1) is 10.1 Å². The van der Waals surface area contributed by atoms with Crippen LogP contribution in [0.15, 0.2) is 12.1 Å². The Morgan fingerprint density at radius 2 is 2.00 bits per heavy atom. The quantitative estimate of drug-likeness (QED) is 0.520. The summed E-state index contributed by atoms with van der Waals surface area (Å²) in [6, 6.07) is 3.04. The van der Waals surface area contributed by atoms with Crippen LogP contribution in [0.5, 0.6) is 0 Å². The first-order chi connectivity index (χ1) is 10.0. The summed E-state index contributed by atoms with van der Waals surface area (Å²) in [4.78, 5) is 16.4. The van der Waals surface area contributed by atoms with Crippen molar-refractivity contribution in [1.82, 2.24) is 4.98 Å². The maximum atomic E-state index is 10.7. The number of pyridine rings is 1. The summed E-state index contributed by atoms with van der Waals surface area (Å²) >= 11 is 0. The molecule has 0 amide bonds. The minimum Gasteiger partial charge on any atom is -0.410 e. The molecule has 0 bridgehead atoms. The summed E-state index contributed by atoms with van der Waals surface area (Å²) in [6.07, 6.45) is 0.194. The van der Waals surface area contributed by atoms with Crippen molar-refractivity contribution in [2.45, 2.75) is 45.0 Å². The lowest BCUT2D eigenvalue weighted by atomic mass is 10.1. The van der Waals surface area contributed by atoms with Crippen LogP contribution < -0.4 is 10.6 Å². The Balaban J connectivity index is 1.97. The molecular weight excluding hydrogens is 300 g/mol. The summed E-state index contributed by atoms with van der Waals surface area (Å²) in [5.74, 6) is 0.620. The molecule has 2 N–H and O–H groups in total. The Labute approximate surface area is 131 Å². The van der Waals surface area contributed by atoms with Gasteiger partial charge in [0.2, 0.25) is 5.82 Å². The summed E-state index contributed by atoms with van der Waals surface area (Å²) in [5.41, 5.74) is 5.47. The molecule has 2 rings (SSSR count). The fourth-order valence-electron chi connectivity index (χ4n) is 2.08. The number of hydrogen-bond donors (Lipinski definition) is 1. The third kappa shape index (κ3) is 3.22. The molecule has 22 heavy (non-hydrogen) atoms. The molecule has 1 aliphatic rings. The second kappa shape index (κ2) is 5.51. The third-order valence-electron chi connectivity index (χ3n) is 4.52. The average molecular weight is 324 g/mol. The van der Waals surface area contributed by atoms with Crippen molar-refractivity contribution in [3.8, 4) is 0 Å². The molecule has 1 fully saturated rings. The van der Waals surface area contributed by atoms with Gasteiger partial charge in [-0.1, -0.05) is 20.8 Å². The lowest BCUT2D eigenvalue weighted by Gasteiger charge is -2.46. The van der Waals surface area contributed by atoms with Gasteiger partial charge in [0.25, 0.3) is 0 Å². The predicted molar refractivity (Wildman–Crippen MR) is 89.6 cm³/mol. The zero-order chi connectivity index (χ0) is 16.7. The Morgan fingerprint density at radius 1 is 1.41 bits per heavy atom. The van der Waals surface area contributed by atoms with E-state index in [1.165, 1.54) is 6.07 Å². The van der Waals surface area contributed by atoms with Gasteiger partial charge in [-0.2, -0.15) is 0 Å². The fourth-order valence-corrected chi connectivity index (χ4v) is 3.42. The van der Waals surface area contributed by atoms with Gasteiger partial charge in [-0.25, -0.2) is 4.98 Å². The molecule has 1 aromatic heterocycles. The Bertz CT molecular complexity index is 580. The second-order valence-electron chi connectivity index (χ2n) is 7.24. The number of hydrogen-bond acceptors (Lipinski definition) is 6. The first-order valence-electron chi connectivity index (χ1n) is 7.35. The highest BCUT2D eigenvalue weighted by molar-refractivity contribution is 6.74. The number of anilines is 2. The maximum absolute atomic E-state index is 10.7. The molecule has 1 aliphatic heterocycles. The predicted octanol–water partition coefficient (Wildman–Crippen LogP) is 2.78. The molecule has 8 heteroatoms. The van der Waals surface area contributed by atoms with Gasteiger partial charge in [0.05, 0.1) is 11.0 Å². The highest BCUT2D eigenvalue weighted by Gasteiger charge is 2.42. The topological polar surface area (TPSA) is 94.5 Å². The smallest absolute Gasteiger partial charge is 0.311 e. The monoisotopic (exact) mass is 324 g/mol. The first kappa shape index (κ1) is 16.7. The van der Waals surface area contributed by atoms with E-state index in [9.17, 15) is 10.1 Å². The van der Waals surface area contributed by atoms with Gasteiger partial charge in [-0.05, 0) is 24.2 Å². The van der Waals surface area contributed by atoms with Gasteiger partial charge < -0.3 is 15.1 Å². The maximum Gasteiger partial charge on any atom is 0.311 e. The Morgan fingerprint density at radius 3 is 2.45 bits per heavy atom. The van der Waals surface area contributed by atoms with Gasteiger partial charge in [-0.15, -0.1) is 0 Å². The van der Waals surface area contributed by atoms with E-state index < -0.39 is 13.2 Å². The Kier molecular flexibility index (Phi) is 4.18. The van der Waals surface area contributed by atoms with E-state index in [2.05, 4.69) is 38.8 Å². The van der Waals surface area contributed by atoms with Crippen molar-refractivity contribution in [3.63, 3.8) is 0 Å². The van der Waals surface area contributed by atoms with E-state index in [1.54, 1.807) is 6.07 Å². The number of nitro groups is 1. The van der Waals surface area contributed by atoms with Crippen molar-refractivity contribution in [3.05, 3.63) is 22.2 Å². The summed E-state index contributed by atoms with van der Waals surface area (Å²) < 4.78 is 6.31. The molecule has 0 atom stereocenters. The fraction of sp³-hybridized carbons (Fsp3) is 0.643. The van der Waals surface area contributed by atoms with Gasteiger partial charge in [0.15, 0.2) is 8.32 Å². The molecule has 0 radical (unpaired) electrons. The van der Waals surface area contributed by atoms with Crippen LogP contribution in [0.25, 0.3) is 0 Å². The van der Waals surface area contributed by atoms with E-state index in [0.29, 0.717) is 5.82 Å². The van der Waals surface area contributed by atoms with Crippen LogP contribution in [0.2, 0.25) is 18.1 Å². The lowest BCUT2D eigenvalue weighted by Crippen LogP contribution is -2.58. The molecule has 122 valence electrons. The summed E-state index contributed by atoms with van der Waals surface area (Å²) in [5, 5.41) is 10.9. The van der Waals surface area contributed by atoms with E-state index in [4.69, 9.17) is 10.2 Å². The Hall–Kier alpha value is -1.67. The zero-order valence-corrected chi connectivity index (χ0v) is 14.8. The van der Waals surface area contributed by atoms with E-state index in [-0.39, 0.29) is 22.6 Å². The van der Waals surface area contributed by atoms with Crippen molar-refractivity contribution < 1.29 is 9.35 Å². The molecular formula is C14H24N4O3Si. The van der Waals surface area contributed by atoms with E-state index >= 15 is 0 Å². The minimum atomic E-state index is -1.76. The number of rotatable bonds is 4. The van der Waals surface area contributed by atoms with Crippen molar-refractivity contribution >= 4 is 25.6 Å². The summed E-state index contributed by atoms with van der Waals surface area (Å²) in [7, 11) is -1.76. The van der Waals surface area contributed by atoms with Gasteiger partial charge in [0, 0.05) is 19.2 Å². The second-order valence-corrected chi connectivity index (χ2v) is 12.0. The lowest BCUT2D eigenvalue weighted by molar-refractivity contribution is -0.384. The molecule has 7 nitrogen and oxygen atoms in total. The number of nitrogens with two attached hydrogens (primary N) is 1. The van der Waals surface area contributed by atoms with E-state index in [0.717, 1.165) is 13.1 Å². The third-order valence-corrected chi connectivity index (χ3v) is 9.06. The highest BCUT2D eigenvalue weighted by Crippen LogP contribution is 2.38. The molecule has 1 saturated heterocycles. The van der Waals surface area contributed by atoms with Crippen LogP contribution in [0.4, 0.5) is 17.3 Å². The molecule has 0 saturated carbocycles. The van der Waals surface area contributed by atoms with Crippen LogP contribution in [-0.2, 0) is 4.43 Å². The van der Waals surface area contributed by atoms with E-state index in [1.807, 2.05) is 4.90 Å². The van der Waals surface area contributed by atoms with Crippen molar-refractivity contribution in [1.29, 1.82) is 0 Å². The zero-order valence-electron chi connectivity index (χ0n) is 13.8. The van der Waals surface area contributed by atoms with Crippen molar-refractivity contribution in [2.24, 2.45) is 0 Å². The standard InChI is InChI=1S/C14H24N4O3Si/c1-14(2,3)22(4,5)21-10-8-17(9-10)12-7-6-11(18(19)20)13(15)16-12/h6-7,10H,8-9H2,1-5H3,(H2,15,16). The normalized spacial score (nSPS) is 16.5. The number of aromatic nitrogens is 1. The summed E-state index contributed by atoms with van der Waals surface area (Å²) in [6.45, 7) is 12.6. The van der Waals surface area contributed by atoms with Crippen molar-refractivity contribution in [2.75, 3.05) is 23.7 Å². The largest absolute Gasteiger partial charge is 0.410 e. The molecule has 0 aromatic carbocycles.